The van der Waals surface area contributed by atoms with Gasteiger partial charge < -0.3 is 4.74 Å². The Morgan fingerprint density at radius 3 is 2.17 bits per heavy atom. The summed E-state index contributed by atoms with van der Waals surface area (Å²) in [5, 5.41) is 0.999. The Morgan fingerprint density at radius 2 is 1.56 bits per heavy atom. The fourth-order valence-corrected chi connectivity index (χ4v) is 2.22. The van der Waals surface area contributed by atoms with Crippen molar-refractivity contribution < 1.29 is 9.13 Å². The molecule has 0 bridgehead atoms. The van der Waals surface area contributed by atoms with Gasteiger partial charge in [-0.25, -0.2) is 4.39 Å². The Hall–Kier alpha value is -0.960. The number of halogens is 4. The minimum Gasteiger partial charge on any atom is -0.497 e. The largest absolute Gasteiger partial charge is 0.497 e. The van der Waals surface area contributed by atoms with Crippen molar-refractivity contribution in [3.05, 3.63) is 51.2 Å². The first-order chi connectivity index (χ1) is 8.52. The minimum atomic E-state index is -0.436. The summed E-state index contributed by atoms with van der Waals surface area (Å²) in [5.41, 5.74) is 0.839. The molecule has 0 spiro atoms. The topological polar surface area (TPSA) is 9.23 Å². The molecule has 0 saturated heterocycles. The second-order valence-electron chi connectivity index (χ2n) is 3.59. The molecule has 0 heterocycles. The van der Waals surface area contributed by atoms with E-state index in [-0.39, 0.29) is 0 Å². The van der Waals surface area contributed by atoms with E-state index in [1.54, 1.807) is 12.1 Å². The second-order valence-corrected chi connectivity index (χ2v) is 4.81. The van der Waals surface area contributed by atoms with Crippen LogP contribution in [0.25, 0.3) is 11.1 Å². The normalized spacial score (nSPS) is 10.5. The third kappa shape index (κ3) is 2.56. The van der Waals surface area contributed by atoms with Crippen molar-refractivity contribution in [3.63, 3.8) is 0 Å². The van der Waals surface area contributed by atoms with E-state index < -0.39 is 5.82 Å². The van der Waals surface area contributed by atoms with Gasteiger partial charge in [0, 0.05) is 17.2 Å². The van der Waals surface area contributed by atoms with Crippen molar-refractivity contribution in [2.24, 2.45) is 0 Å². The van der Waals surface area contributed by atoms with Gasteiger partial charge in [0.15, 0.2) is 0 Å². The van der Waals surface area contributed by atoms with Gasteiger partial charge >= 0.3 is 0 Å². The molecule has 0 atom stereocenters. The van der Waals surface area contributed by atoms with Gasteiger partial charge in [0.1, 0.15) is 11.6 Å². The number of methoxy groups -OCH3 is 1. The van der Waals surface area contributed by atoms with E-state index in [9.17, 15) is 4.39 Å². The van der Waals surface area contributed by atoms with Crippen molar-refractivity contribution in [2.45, 2.75) is 0 Å². The van der Waals surface area contributed by atoms with Crippen LogP contribution in [0.3, 0.4) is 0 Å². The zero-order valence-electron chi connectivity index (χ0n) is 9.31. The third-order valence-corrected chi connectivity index (χ3v) is 3.51. The predicted molar refractivity (Wildman–Crippen MR) is 73.4 cm³/mol. The van der Waals surface area contributed by atoms with Gasteiger partial charge in [0.05, 0.1) is 22.2 Å². The maximum absolute atomic E-state index is 13.9. The number of benzene rings is 2. The summed E-state index contributed by atoms with van der Waals surface area (Å²) in [4.78, 5) is 0. The summed E-state index contributed by atoms with van der Waals surface area (Å²) in [7, 11) is 1.47. The molecule has 0 radical (unpaired) electrons. The van der Waals surface area contributed by atoms with Crippen LogP contribution < -0.4 is 4.74 Å². The van der Waals surface area contributed by atoms with Gasteiger partial charge in [0.2, 0.25) is 0 Å². The molecule has 2 rings (SSSR count). The first-order valence-corrected chi connectivity index (χ1v) is 6.14. The molecule has 0 unspecified atom stereocenters. The molecule has 0 aliphatic carbocycles. The van der Waals surface area contributed by atoms with Gasteiger partial charge in [0.25, 0.3) is 0 Å². The second kappa shape index (κ2) is 5.35. The summed E-state index contributed by atoms with van der Waals surface area (Å²) < 4.78 is 18.9. The number of rotatable bonds is 2. The van der Waals surface area contributed by atoms with Crippen LogP contribution in [0, 0.1) is 5.82 Å². The maximum Gasteiger partial charge on any atom is 0.134 e. The van der Waals surface area contributed by atoms with Crippen molar-refractivity contribution in [2.75, 3.05) is 7.11 Å². The highest BCUT2D eigenvalue weighted by molar-refractivity contribution is 6.44. The first kappa shape index (κ1) is 13.5. The highest BCUT2D eigenvalue weighted by Crippen LogP contribution is 2.37. The van der Waals surface area contributed by atoms with Crippen molar-refractivity contribution >= 4 is 34.8 Å². The predicted octanol–water partition coefficient (Wildman–Crippen LogP) is 5.46. The monoisotopic (exact) mass is 304 g/mol. The van der Waals surface area contributed by atoms with Crippen LogP contribution in [0.5, 0.6) is 5.75 Å². The fraction of sp³-hybridized carbons (Fsp3) is 0.0769. The summed E-state index contributed by atoms with van der Waals surface area (Å²) in [6.07, 6.45) is 0. The molecule has 0 fully saturated rings. The molecule has 2 aromatic rings. The van der Waals surface area contributed by atoms with E-state index in [4.69, 9.17) is 39.5 Å². The van der Waals surface area contributed by atoms with E-state index in [0.29, 0.717) is 31.9 Å². The van der Waals surface area contributed by atoms with Gasteiger partial charge in [-0.1, -0.05) is 34.8 Å². The molecule has 2 aromatic carbocycles. The maximum atomic E-state index is 13.9. The zero-order valence-corrected chi connectivity index (χ0v) is 11.6. The molecule has 0 amide bonds. The van der Waals surface area contributed by atoms with Crippen LogP contribution in [0.15, 0.2) is 30.3 Å². The molecule has 0 aliphatic rings. The Bertz CT molecular complexity index is 599. The van der Waals surface area contributed by atoms with Crippen LogP contribution in [0.4, 0.5) is 4.39 Å². The summed E-state index contributed by atoms with van der Waals surface area (Å²) in [6, 6.07) is 7.55. The van der Waals surface area contributed by atoms with E-state index in [1.165, 1.54) is 25.3 Å². The third-order valence-electron chi connectivity index (χ3n) is 2.48. The Labute approximate surface area is 119 Å². The van der Waals surface area contributed by atoms with Crippen LogP contribution in [0.2, 0.25) is 15.1 Å². The lowest BCUT2D eigenvalue weighted by Gasteiger charge is -2.09. The van der Waals surface area contributed by atoms with Crippen molar-refractivity contribution in [1.82, 2.24) is 0 Å². The molecular weight excluding hydrogens is 297 g/mol. The Kier molecular flexibility index (Phi) is 4.00. The quantitative estimate of drug-likeness (QED) is 0.669. The SMILES string of the molecule is COc1ccc(-c2cc(Cl)c(Cl)cc2Cl)c(F)c1. The molecular formula is C13H8Cl3FO. The highest BCUT2D eigenvalue weighted by Gasteiger charge is 2.12. The average Bonchev–Trinajstić information content (AvgIpc) is 2.34. The lowest BCUT2D eigenvalue weighted by atomic mass is 10.0. The molecule has 0 N–H and O–H groups in total. The first-order valence-electron chi connectivity index (χ1n) is 5.01. The van der Waals surface area contributed by atoms with Crippen molar-refractivity contribution in [3.8, 4) is 16.9 Å². The minimum absolute atomic E-state index is 0.325. The van der Waals surface area contributed by atoms with E-state index >= 15 is 0 Å². The van der Waals surface area contributed by atoms with Crippen LogP contribution in [-0.4, -0.2) is 7.11 Å². The van der Waals surface area contributed by atoms with E-state index in [0.717, 1.165) is 0 Å². The molecule has 94 valence electrons. The lowest BCUT2D eigenvalue weighted by Crippen LogP contribution is -1.89. The van der Waals surface area contributed by atoms with Gasteiger partial charge in [-0.05, 0) is 24.3 Å². The molecule has 0 aliphatic heterocycles. The Balaban J connectivity index is 2.58. The van der Waals surface area contributed by atoms with Crippen molar-refractivity contribution in [1.29, 1.82) is 0 Å². The fourth-order valence-electron chi connectivity index (χ4n) is 1.57. The molecule has 5 heteroatoms. The van der Waals surface area contributed by atoms with Crippen LogP contribution in [-0.2, 0) is 0 Å². The summed E-state index contributed by atoms with van der Waals surface area (Å²) in [6.45, 7) is 0. The van der Waals surface area contributed by atoms with Gasteiger partial charge in [-0.15, -0.1) is 0 Å². The lowest BCUT2D eigenvalue weighted by molar-refractivity contribution is 0.411. The summed E-state index contributed by atoms with van der Waals surface area (Å²) >= 11 is 17.8. The molecule has 18 heavy (non-hydrogen) atoms. The standard InChI is InChI=1S/C13H8Cl3FO/c1-18-7-2-3-8(13(17)4-7)9-5-11(15)12(16)6-10(9)14/h2-6H,1H3. The Morgan fingerprint density at radius 1 is 0.889 bits per heavy atom. The molecule has 1 nitrogen and oxygen atoms in total. The number of hydrogen-bond acceptors (Lipinski definition) is 1. The number of ether oxygens (including phenoxy) is 1. The van der Waals surface area contributed by atoms with Crippen LogP contribution >= 0.6 is 34.8 Å². The summed E-state index contributed by atoms with van der Waals surface area (Å²) in [5.74, 6) is 0.00192. The molecule has 0 aromatic heterocycles. The van der Waals surface area contributed by atoms with Crippen LogP contribution in [0.1, 0.15) is 0 Å². The van der Waals surface area contributed by atoms with E-state index in [1.807, 2.05) is 0 Å². The average molecular weight is 306 g/mol. The smallest absolute Gasteiger partial charge is 0.134 e. The number of hydrogen-bond donors (Lipinski definition) is 0. The van der Waals surface area contributed by atoms with Gasteiger partial charge in [-0.2, -0.15) is 0 Å². The molecule has 0 saturated carbocycles. The van der Waals surface area contributed by atoms with Gasteiger partial charge in [-0.3, -0.25) is 0 Å². The highest BCUT2D eigenvalue weighted by atomic mass is 35.5. The zero-order chi connectivity index (χ0) is 13.3. The van der Waals surface area contributed by atoms with E-state index in [2.05, 4.69) is 0 Å².